The Hall–Kier alpha value is -2.17. The predicted molar refractivity (Wildman–Crippen MR) is 86.0 cm³/mol. The van der Waals surface area contributed by atoms with Crippen molar-refractivity contribution in [3.05, 3.63) is 35.8 Å². The minimum atomic E-state index is 0.539. The highest BCUT2D eigenvalue weighted by Gasteiger charge is 2.12. The SMILES string of the molecule is CC(C)Cc1cnn(-c2ccc3onc(CC(C)C)c3c2)n1. The van der Waals surface area contributed by atoms with E-state index in [1.807, 2.05) is 18.3 Å². The van der Waals surface area contributed by atoms with Gasteiger partial charge in [0.15, 0.2) is 5.58 Å². The molecule has 116 valence electrons. The molecule has 22 heavy (non-hydrogen) atoms. The van der Waals surface area contributed by atoms with Gasteiger partial charge in [0.1, 0.15) is 0 Å². The second-order valence-corrected chi connectivity index (χ2v) is 6.63. The molecule has 0 unspecified atom stereocenters. The Morgan fingerprint density at radius 3 is 2.59 bits per heavy atom. The maximum absolute atomic E-state index is 5.40. The molecule has 1 aromatic carbocycles. The third-order valence-corrected chi connectivity index (χ3v) is 3.52. The summed E-state index contributed by atoms with van der Waals surface area (Å²) in [6.07, 6.45) is 3.68. The summed E-state index contributed by atoms with van der Waals surface area (Å²) in [7, 11) is 0. The lowest BCUT2D eigenvalue weighted by molar-refractivity contribution is 0.439. The zero-order chi connectivity index (χ0) is 15.7. The highest BCUT2D eigenvalue weighted by atomic mass is 16.5. The molecule has 0 aliphatic carbocycles. The van der Waals surface area contributed by atoms with E-state index < -0.39 is 0 Å². The number of fused-ring (bicyclic) bond motifs is 1. The molecule has 2 aromatic heterocycles. The molecule has 0 N–H and O–H groups in total. The van der Waals surface area contributed by atoms with Gasteiger partial charge in [-0.15, -0.1) is 0 Å². The van der Waals surface area contributed by atoms with Gasteiger partial charge in [-0.25, -0.2) is 0 Å². The number of benzene rings is 1. The van der Waals surface area contributed by atoms with Gasteiger partial charge in [-0.3, -0.25) is 0 Å². The molecule has 0 fully saturated rings. The molecule has 0 radical (unpaired) electrons. The molecule has 0 amide bonds. The topological polar surface area (TPSA) is 56.7 Å². The van der Waals surface area contributed by atoms with E-state index in [0.717, 1.165) is 40.9 Å². The van der Waals surface area contributed by atoms with Crippen molar-refractivity contribution in [2.24, 2.45) is 11.8 Å². The van der Waals surface area contributed by atoms with Gasteiger partial charge in [0.25, 0.3) is 0 Å². The van der Waals surface area contributed by atoms with Crippen molar-refractivity contribution in [1.82, 2.24) is 20.2 Å². The van der Waals surface area contributed by atoms with Crippen LogP contribution in [0.1, 0.15) is 39.1 Å². The van der Waals surface area contributed by atoms with Crippen LogP contribution in [0.4, 0.5) is 0 Å². The van der Waals surface area contributed by atoms with Crippen LogP contribution in [0.2, 0.25) is 0 Å². The van der Waals surface area contributed by atoms with E-state index in [2.05, 4.69) is 49.1 Å². The van der Waals surface area contributed by atoms with E-state index in [1.54, 1.807) is 4.80 Å². The molecule has 0 atom stereocenters. The maximum Gasteiger partial charge on any atom is 0.167 e. The fraction of sp³-hybridized carbons (Fsp3) is 0.471. The number of nitrogens with zero attached hydrogens (tertiary/aromatic N) is 4. The second kappa shape index (κ2) is 5.91. The van der Waals surface area contributed by atoms with Gasteiger partial charge in [-0.1, -0.05) is 32.9 Å². The molecule has 5 heteroatoms. The lowest BCUT2D eigenvalue weighted by Crippen LogP contribution is -2.01. The standard InChI is InChI=1S/C17H22N4O/c1-11(2)7-13-10-18-21(19-13)14-5-6-17-15(9-14)16(20-22-17)8-12(3)4/h5-6,9-12H,7-8H2,1-4H3. The van der Waals surface area contributed by atoms with Crippen LogP contribution in [-0.4, -0.2) is 20.2 Å². The van der Waals surface area contributed by atoms with E-state index in [4.69, 9.17) is 4.52 Å². The fourth-order valence-electron chi connectivity index (χ4n) is 2.57. The van der Waals surface area contributed by atoms with Crippen molar-refractivity contribution in [3.8, 4) is 5.69 Å². The molecule has 0 aliphatic heterocycles. The lowest BCUT2D eigenvalue weighted by atomic mass is 10.1. The van der Waals surface area contributed by atoms with E-state index in [9.17, 15) is 0 Å². The van der Waals surface area contributed by atoms with E-state index in [1.165, 1.54) is 0 Å². The molecule has 3 aromatic rings. The Morgan fingerprint density at radius 2 is 1.86 bits per heavy atom. The number of hydrogen-bond donors (Lipinski definition) is 0. The molecule has 3 rings (SSSR count). The maximum atomic E-state index is 5.40. The quantitative estimate of drug-likeness (QED) is 0.719. The van der Waals surface area contributed by atoms with Crippen molar-refractivity contribution in [1.29, 1.82) is 0 Å². The molecule has 0 saturated heterocycles. The van der Waals surface area contributed by atoms with E-state index in [-0.39, 0.29) is 0 Å². The predicted octanol–water partition coefficient (Wildman–Crippen LogP) is 3.81. The third kappa shape index (κ3) is 3.03. The first kappa shape index (κ1) is 14.8. The van der Waals surface area contributed by atoms with Crippen molar-refractivity contribution in [2.45, 2.75) is 40.5 Å². The van der Waals surface area contributed by atoms with Gasteiger partial charge in [0.05, 0.1) is 23.3 Å². The summed E-state index contributed by atoms with van der Waals surface area (Å²) in [5.41, 5.74) is 3.77. The normalized spacial score (nSPS) is 11.9. The van der Waals surface area contributed by atoms with Crippen molar-refractivity contribution in [3.63, 3.8) is 0 Å². The summed E-state index contributed by atoms with van der Waals surface area (Å²) >= 11 is 0. The van der Waals surface area contributed by atoms with Gasteiger partial charge >= 0.3 is 0 Å². The van der Waals surface area contributed by atoms with Crippen LogP contribution in [-0.2, 0) is 12.8 Å². The van der Waals surface area contributed by atoms with E-state index in [0.29, 0.717) is 11.8 Å². The first-order valence-corrected chi connectivity index (χ1v) is 7.83. The Balaban J connectivity index is 1.95. The summed E-state index contributed by atoms with van der Waals surface area (Å²) in [4.78, 5) is 1.68. The van der Waals surface area contributed by atoms with Crippen molar-refractivity contribution in [2.75, 3.05) is 0 Å². The fourth-order valence-corrected chi connectivity index (χ4v) is 2.57. The van der Waals surface area contributed by atoms with E-state index >= 15 is 0 Å². The molecular formula is C17H22N4O. The largest absolute Gasteiger partial charge is 0.356 e. The Labute approximate surface area is 130 Å². The summed E-state index contributed by atoms with van der Waals surface area (Å²) < 4.78 is 5.40. The molecule has 0 saturated carbocycles. The minimum absolute atomic E-state index is 0.539. The molecule has 0 aliphatic rings. The molecule has 0 bridgehead atoms. The van der Waals surface area contributed by atoms with Gasteiger partial charge < -0.3 is 4.52 Å². The smallest absolute Gasteiger partial charge is 0.167 e. The Bertz CT molecular complexity index is 770. The second-order valence-electron chi connectivity index (χ2n) is 6.63. The van der Waals surface area contributed by atoms with Gasteiger partial charge in [0, 0.05) is 5.39 Å². The molecular weight excluding hydrogens is 276 g/mol. The average molecular weight is 298 g/mol. The number of rotatable bonds is 5. The van der Waals surface area contributed by atoms with Crippen LogP contribution in [0, 0.1) is 11.8 Å². The number of aromatic nitrogens is 4. The van der Waals surface area contributed by atoms with Gasteiger partial charge in [0.2, 0.25) is 0 Å². The van der Waals surface area contributed by atoms with Crippen molar-refractivity contribution < 1.29 is 4.52 Å². The molecule has 2 heterocycles. The van der Waals surface area contributed by atoms with Crippen LogP contribution in [0.3, 0.4) is 0 Å². The van der Waals surface area contributed by atoms with Gasteiger partial charge in [-0.2, -0.15) is 15.0 Å². The van der Waals surface area contributed by atoms with Crippen LogP contribution in [0.5, 0.6) is 0 Å². The zero-order valence-corrected chi connectivity index (χ0v) is 13.6. The third-order valence-electron chi connectivity index (χ3n) is 3.52. The molecule has 5 nitrogen and oxygen atoms in total. The van der Waals surface area contributed by atoms with Crippen molar-refractivity contribution >= 4 is 11.0 Å². The zero-order valence-electron chi connectivity index (χ0n) is 13.6. The van der Waals surface area contributed by atoms with Crippen LogP contribution in [0.15, 0.2) is 28.9 Å². The summed E-state index contributed by atoms with van der Waals surface area (Å²) in [5, 5.41) is 14.2. The van der Waals surface area contributed by atoms with Crippen LogP contribution >= 0.6 is 0 Å². The Kier molecular flexibility index (Phi) is 3.96. The van der Waals surface area contributed by atoms with Gasteiger partial charge in [-0.05, 0) is 42.9 Å². The van der Waals surface area contributed by atoms with Crippen LogP contribution in [0.25, 0.3) is 16.7 Å². The summed E-state index contributed by atoms with van der Waals surface area (Å²) in [6.45, 7) is 8.72. The lowest BCUT2D eigenvalue weighted by Gasteiger charge is -2.02. The average Bonchev–Trinajstić information content (AvgIpc) is 3.05. The first-order chi connectivity index (χ1) is 10.5. The molecule has 0 spiro atoms. The summed E-state index contributed by atoms with van der Waals surface area (Å²) in [6, 6.07) is 5.96. The highest BCUT2D eigenvalue weighted by molar-refractivity contribution is 5.81. The minimum Gasteiger partial charge on any atom is -0.356 e. The highest BCUT2D eigenvalue weighted by Crippen LogP contribution is 2.23. The number of hydrogen-bond acceptors (Lipinski definition) is 4. The first-order valence-electron chi connectivity index (χ1n) is 7.83. The summed E-state index contributed by atoms with van der Waals surface area (Å²) in [5.74, 6) is 1.11. The Morgan fingerprint density at radius 1 is 1.09 bits per heavy atom. The monoisotopic (exact) mass is 298 g/mol. The van der Waals surface area contributed by atoms with Crippen LogP contribution < -0.4 is 0 Å².